The van der Waals surface area contributed by atoms with Crippen molar-refractivity contribution in [3.05, 3.63) is 37.9 Å². The van der Waals surface area contributed by atoms with Gasteiger partial charge in [-0.15, -0.1) is 0 Å². The summed E-state index contributed by atoms with van der Waals surface area (Å²) < 4.78 is 15.6. The molecule has 1 saturated carbocycles. The number of hydrogen-bond donors (Lipinski definition) is 1. The van der Waals surface area contributed by atoms with Crippen molar-refractivity contribution in [2.24, 2.45) is 0 Å². The predicted molar refractivity (Wildman–Crippen MR) is 76.0 cm³/mol. The van der Waals surface area contributed by atoms with Crippen LogP contribution in [0.5, 0.6) is 0 Å². The summed E-state index contributed by atoms with van der Waals surface area (Å²) in [6.45, 7) is 1.50. The number of pyridine rings is 2. The Bertz CT molecular complexity index is 859. The van der Waals surface area contributed by atoms with Crippen LogP contribution in [-0.2, 0) is 5.79 Å². The van der Waals surface area contributed by atoms with Gasteiger partial charge in [0.1, 0.15) is 15.7 Å². The van der Waals surface area contributed by atoms with E-state index in [1.165, 1.54) is 6.92 Å². The molecule has 0 radical (unpaired) electrons. The number of aromatic nitrogens is 2. The lowest BCUT2D eigenvalue weighted by Crippen LogP contribution is -2.23. The molecule has 0 spiro atoms. The van der Waals surface area contributed by atoms with Crippen molar-refractivity contribution in [1.82, 2.24) is 9.55 Å². The molecule has 0 aromatic carbocycles. The van der Waals surface area contributed by atoms with Crippen LogP contribution in [0.4, 0.5) is 4.39 Å². The van der Waals surface area contributed by atoms with E-state index in [2.05, 4.69) is 4.98 Å². The first-order chi connectivity index (χ1) is 9.76. The van der Waals surface area contributed by atoms with Gasteiger partial charge in [0, 0.05) is 19.0 Å². The van der Waals surface area contributed by atoms with Gasteiger partial charge in [-0.2, -0.15) is 0 Å². The predicted octanol–water partition coefficient (Wildman–Crippen LogP) is 3.13. The summed E-state index contributed by atoms with van der Waals surface area (Å²) in [6, 6.07) is 0. The molecule has 2 aromatic rings. The molecule has 2 heterocycles. The molecular weight excluding hydrogens is 322 g/mol. The normalized spacial score (nSPS) is 16.2. The lowest BCUT2D eigenvalue weighted by Gasteiger charge is -2.18. The first-order valence-electron chi connectivity index (χ1n) is 6.10. The van der Waals surface area contributed by atoms with Gasteiger partial charge < -0.3 is 9.67 Å². The minimum Gasteiger partial charge on any atom is -0.477 e. The van der Waals surface area contributed by atoms with Crippen LogP contribution in [0.3, 0.4) is 0 Å². The third-order valence-electron chi connectivity index (χ3n) is 3.55. The summed E-state index contributed by atoms with van der Waals surface area (Å²) >= 11 is 12.0. The van der Waals surface area contributed by atoms with Crippen molar-refractivity contribution < 1.29 is 14.3 Å². The number of aromatic carboxylic acids is 1. The van der Waals surface area contributed by atoms with Crippen LogP contribution >= 0.6 is 23.2 Å². The minimum absolute atomic E-state index is 0.0202. The van der Waals surface area contributed by atoms with Crippen molar-refractivity contribution in [3.8, 4) is 0 Å². The summed E-state index contributed by atoms with van der Waals surface area (Å²) in [5.74, 6) is -3.16. The number of halogens is 3. The molecule has 1 aliphatic rings. The Kier molecular flexibility index (Phi) is 3.00. The van der Waals surface area contributed by atoms with Crippen LogP contribution in [0.25, 0.3) is 10.9 Å². The molecule has 0 aliphatic heterocycles. The van der Waals surface area contributed by atoms with Gasteiger partial charge in [-0.25, -0.2) is 14.2 Å². The molecule has 1 aliphatic carbocycles. The zero-order valence-corrected chi connectivity index (χ0v) is 12.3. The Morgan fingerprint density at radius 2 is 2.10 bits per heavy atom. The zero-order valence-electron chi connectivity index (χ0n) is 10.8. The van der Waals surface area contributed by atoms with Crippen molar-refractivity contribution in [1.29, 1.82) is 0 Å². The monoisotopic (exact) mass is 330 g/mol. The number of carboxylic acids is 1. The molecule has 0 bridgehead atoms. The summed E-state index contributed by atoms with van der Waals surface area (Å²) in [4.78, 5) is 27.4. The summed E-state index contributed by atoms with van der Waals surface area (Å²) in [6.07, 6.45) is 1.43. The van der Waals surface area contributed by atoms with Gasteiger partial charge in [-0.1, -0.05) is 23.2 Å². The van der Waals surface area contributed by atoms with E-state index >= 15 is 0 Å². The van der Waals surface area contributed by atoms with Crippen LogP contribution in [0.2, 0.25) is 10.2 Å². The average Bonchev–Trinajstić information content (AvgIpc) is 3.14. The number of carboxylic acid groups (broad SMARTS) is 1. The number of hydrogen-bond acceptors (Lipinski definition) is 3. The summed E-state index contributed by atoms with van der Waals surface area (Å²) in [5, 5.41) is 9.00. The Morgan fingerprint density at radius 1 is 1.48 bits per heavy atom. The molecule has 1 fully saturated rings. The first kappa shape index (κ1) is 14.3. The molecule has 5 nitrogen and oxygen atoms in total. The van der Waals surface area contributed by atoms with E-state index < -0.39 is 22.8 Å². The van der Waals surface area contributed by atoms with Gasteiger partial charge in [-0.05, 0) is 6.92 Å². The number of nitrogens with zero attached hydrogens (tertiary/aromatic N) is 2. The average molecular weight is 331 g/mol. The summed E-state index contributed by atoms with van der Waals surface area (Å²) in [5.41, 5.74) is -0.967. The number of carbonyl (C=O) groups is 1. The van der Waals surface area contributed by atoms with Gasteiger partial charge in [0.25, 0.3) is 0 Å². The second-order valence-corrected chi connectivity index (χ2v) is 5.73. The highest BCUT2D eigenvalue weighted by Crippen LogP contribution is 2.47. The fraction of sp³-hybridized carbons (Fsp3) is 0.308. The van der Waals surface area contributed by atoms with Crippen LogP contribution in [-0.4, -0.2) is 20.6 Å². The number of fused-ring (bicyclic) bond motifs is 1. The standard InChI is InChI=1S/C13H9Cl2FN2O3/c1-5-7-9(8(14)11(15)17-5)18(13(16)2-3-13)4-6(10(7)19)12(20)21/h4H,2-3H2,1H3,(H,20,21). The molecule has 0 amide bonds. The SMILES string of the molecule is Cc1nc(Cl)c(Cl)c2c1c(=O)c(C(=O)O)cn2C1(F)CC1. The molecule has 110 valence electrons. The Labute approximate surface area is 127 Å². The van der Waals surface area contributed by atoms with Gasteiger partial charge >= 0.3 is 5.97 Å². The Hall–Kier alpha value is -1.66. The van der Waals surface area contributed by atoms with Gasteiger partial charge in [0.05, 0.1) is 16.6 Å². The number of alkyl halides is 1. The molecule has 1 N–H and O–H groups in total. The highest BCUT2D eigenvalue weighted by molar-refractivity contribution is 6.44. The maximum atomic E-state index is 14.5. The fourth-order valence-electron chi connectivity index (χ4n) is 2.33. The smallest absolute Gasteiger partial charge is 0.341 e. The van der Waals surface area contributed by atoms with E-state index in [9.17, 15) is 14.0 Å². The van der Waals surface area contributed by atoms with Gasteiger partial charge in [0.2, 0.25) is 5.43 Å². The van der Waals surface area contributed by atoms with Crippen molar-refractivity contribution >= 4 is 40.1 Å². The summed E-state index contributed by atoms with van der Waals surface area (Å²) in [7, 11) is 0. The Balaban J connectivity index is 2.58. The van der Waals surface area contributed by atoms with E-state index in [4.69, 9.17) is 28.3 Å². The Morgan fingerprint density at radius 3 is 2.62 bits per heavy atom. The highest BCUT2D eigenvalue weighted by Gasteiger charge is 2.46. The maximum absolute atomic E-state index is 14.5. The topological polar surface area (TPSA) is 72.2 Å². The van der Waals surface area contributed by atoms with E-state index in [0.29, 0.717) is 0 Å². The number of aryl methyl sites for hydroxylation is 1. The molecule has 0 atom stereocenters. The van der Waals surface area contributed by atoms with E-state index in [1.54, 1.807) is 0 Å². The van der Waals surface area contributed by atoms with Crippen LogP contribution in [0.1, 0.15) is 28.9 Å². The lowest BCUT2D eigenvalue weighted by molar-refractivity contribution is 0.0694. The molecular formula is C13H9Cl2FN2O3. The van der Waals surface area contributed by atoms with Crippen molar-refractivity contribution in [3.63, 3.8) is 0 Å². The second kappa shape index (κ2) is 4.42. The highest BCUT2D eigenvalue weighted by atomic mass is 35.5. The molecule has 3 rings (SSSR count). The third kappa shape index (κ3) is 2.01. The van der Waals surface area contributed by atoms with Crippen LogP contribution in [0.15, 0.2) is 11.0 Å². The van der Waals surface area contributed by atoms with Gasteiger partial charge in [-0.3, -0.25) is 4.79 Å². The van der Waals surface area contributed by atoms with Crippen LogP contribution in [0, 0.1) is 6.92 Å². The quantitative estimate of drug-likeness (QED) is 0.858. The van der Waals surface area contributed by atoms with E-state index in [1.807, 2.05) is 0 Å². The third-order valence-corrected chi connectivity index (χ3v) is 4.28. The van der Waals surface area contributed by atoms with Crippen molar-refractivity contribution in [2.75, 3.05) is 0 Å². The van der Waals surface area contributed by atoms with Crippen molar-refractivity contribution in [2.45, 2.75) is 25.6 Å². The molecule has 0 unspecified atom stereocenters. The second-order valence-electron chi connectivity index (χ2n) is 4.99. The van der Waals surface area contributed by atoms with Gasteiger partial charge in [0.15, 0.2) is 5.79 Å². The fourth-order valence-corrected chi connectivity index (χ4v) is 2.77. The minimum atomic E-state index is -1.74. The largest absolute Gasteiger partial charge is 0.477 e. The van der Waals surface area contributed by atoms with Crippen LogP contribution < -0.4 is 5.43 Å². The zero-order chi connectivity index (χ0) is 15.5. The first-order valence-corrected chi connectivity index (χ1v) is 6.85. The van der Waals surface area contributed by atoms with E-state index in [0.717, 1.165) is 10.8 Å². The van der Waals surface area contributed by atoms with E-state index in [-0.39, 0.29) is 39.6 Å². The number of rotatable bonds is 2. The molecule has 21 heavy (non-hydrogen) atoms. The molecule has 2 aromatic heterocycles. The molecule has 8 heteroatoms. The molecule has 0 saturated heterocycles. The lowest BCUT2D eigenvalue weighted by atomic mass is 10.1. The maximum Gasteiger partial charge on any atom is 0.341 e.